The fourth-order valence-electron chi connectivity index (χ4n) is 3.06. The molecule has 116 valence electrons. The van der Waals surface area contributed by atoms with Crippen molar-refractivity contribution in [3.63, 3.8) is 0 Å². The van der Waals surface area contributed by atoms with Crippen LogP contribution in [0.15, 0.2) is 16.9 Å². The molecule has 0 amide bonds. The number of aromatic hydroxyl groups is 1. The summed E-state index contributed by atoms with van der Waals surface area (Å²) in [6.07, 6.45) is 3.95. The Kier molecular flexibility index (Phi) is 3.36. The Balaban J connectivity index is 2.43. The van der Waals surface area contributed by atoms with Crippen molar-refractivity contribution in [3.05, 3.63) is 49.7 Å². The second-order valence-electron chi connectivity index (χ2n) is 5.73. The van der Waals surface area contributed by atoms with Gasteiger partial charge in [-0.05, 0) is 56.6 Å². The standard InChI is InChI=1S/C16H19N3O2S/c1-9-10(2)13(12(4)14(20)11(9)3)19-15(21)17-7-5-6-8-18(17)16(19)22/h5-6,20H,7-8H2,1-4H3. The lowest BCUT2D eigenvalue weighted by molar-refractivity contribution is 0.465. The summed E-state index contributed by atoms with van der Waals surface area (Å²) < 4.78 is 5.43. The minimum absolute atomic E-state index is 0.164. The number of phenols is 1. The Hall–Kier alpha value is -2.08. The molecule has 0 aliphatic carbocycles. The van der Waals surface area contributed by atoms with Crippen molar-refractivity contribution in [2.24, 2.45) is 0 Å². The van der Waals surface area contributed by atoms with Crippen LogP contribution in [0.5, 0.6) is 5.75 Å². The molecular weight excluding hydrogens is 298 g/mol. The van der Waals surface area contributed by atoms with Gasteiger partial charge in [-0.15, -0.1) is 0 Å². The normalized spacial score (nSPS) is 13.5. The third-order valence-corrected chi connectivity index (χ3v) is 5.00. The molecule has 1 aliphatic rings. The van der Waals surface area contributed by atoms with Crippen LogP contribution < -0.4 is 5.69 Å². The summed E-state index contributed by atoms with van der Waals surface area (Å²) in [4.78, 5) is 12.8. The number of nitrogens with zero attached hydrogens (tertiary/aromatic N) is 3. The fourth-order valence-corrected chi connectivity index (χ4v) is 3.40. The zero-order chi connectivity index (χ0) is 16.2. The molecule has 1 N–H and O–H groups in total. The Labute approximate surface area is 133 Å². The van der Waals surface area contributed by atoms with E-state index >= 15 is 0 Å². The number of phenolic OH excluding ortho intramolecular Hbond substituents is 1. The lowest BCUT2D eigenvalue weighted by Crippen LogP contribution is -2.28. The van der Waals surface area contributed by atoms with Gasteiger partial charge in [0, 0.05) is 5.56 Å². The van der Waals surface area contributed by atoms with Gasteiger partial charge in [0.15, 0.2) is 0 Å². The molecule has 0 saturated heterocycles. The van der Waals surface area contributed by atoms with Crippen LogP contribution in [0.25, 0.3) is 5.69 Å². The fraction of sp³-hybridized carbons (Fsp3) is 0.375. The molecule has 5 nitrogen and oxygen atoms in total. The van der Waals surface area contributed by atoms with Crippen LogP contribution in [0, 0.1) is 32.5 Å². The summed E-state index contributed by atoms with van der Waals surface area (Å²) in [6.45, 7) is 8.73. The molecule has 0 unspecified atom stereocenters. The molecule has 1 aromatic heterocycles. The molecule has 1 aliphatic heterocycles. The summed E-state index contributed by atoms with van der Waals surface area (Å²) in [5, 5.41) is 10.4. The van der Waals surface area contributed by atoms with E-state index in [1.165, 1.54) is 0 Å². The number of hydrogen-bond acceptors (Lipinski definition) is 3. The number of aromatic nitrogens is 3. The van der Waals surface area contributed by atoms with E-state index in [9.17, 15) is 9.90 Å². The van der Waals surface area contributed by atoms with Crippen molar-refractivity contribution >= 4 is 12.2 Å². The number of benzene rings is 1. The first-order chi connectivity index (χ1) is 10.4. The number of fused-ring (bicyclic) bond motifs is 1. The van der Waals surface area contributed by atoms with Crippen molar-refractivity contribution in [2.75, 3.05) is 0 Å². The third kappa shape index (κ3) is 1.83. The number of rotatable bonds is 1. The van der Waals surface area contributed by atoms with Gasteiger partial charge in [-0.2, -0.15) is 0 Å². The van der Waals surface area contributed by atoms with Gasteiger partial charge >= 0.3 is 5.69 Å². The molecule has 0 fully saturated rings. The van der Waals surface area contributed by atoms with E-state index in [1.807, 2.05) is 39.8 Å². The Morgan fingerprint density at radius 3 is 2.14 bits per heavy atom. The van der Waals surface area contributed by atoms with E-state index in [0.717, 1.165) is 16.7 Å². The molecule has 0 atom stereocenters. The first kappa shape index (κ1) is 14.8. The van der Waals surface area contributed by atoms with Gasteiger partial charge in [0.25, 0.3) is 0 Å². The van der Waals surface area contributed by atoms with Gasteiger partial charge in [0.1, 0.15) is 5.75 Å². The molecule has 2 aromatic rings. The van der Waals surface area contributed by atoms with E-state index in [1.54, 1.807) is 13.9 Å². The third-order valence-electron chi connectivity index (χ3n) is 4.61. The highest BCUT2D eigenvalue weighted by molar-refractivity contribution is 7.71. The van der Waals surface area contributed by atoms with E-state index in [2.05, 4.69) is 0 Å². The van der Waals surface area contributed by atoms with Crippen LogP contribution in [0.4, 0.5) is 0 Å². The van der Waals surface area contributed by atoms with E-state index in [0.29, 0.717) is 29.1 Å². The second-order valence-corrected chi connectivity index (χ2v) is 6.10. The molecule has 0 spiro atoms. The van der Waals surface area contributed by atoms with Crippen LogP contribution in [0.2, 0.25) is 0 Å². The van der Waals surface area contributed by atoms with Crippen molar-refractivity contribution in [3.8, 4) is 11.4 Å². The molecule has 0 bridgehead atoms. The van der Waals surface area contributed by atoms with E-state index in [-0.39, 0.29) is 11.4 Å². The van der Waals surface area contributed by atoms with Gasteiger partial charge in [0.05, 0.1) is 18.8 Å². The van der Waals surface area contributed by atoms with E-state index < -0.39 is 0 Å². The van der Waals surface area contributed by atoms with Gasteiger partial charge in [-0.1, -0.05) is 12.2 Å². The monoisotopic (exact) mass is 317 g/mol. The van der Waals surface area contributed by atoms with Crippen molar-refractivity contribution in [1.82, 2.24) is 13.9 Å². The van der Waals surface area contributed by atoms with Gasteiger partial charge in [-0.25, -0.2) is 14.0 Å². The topological polar surface area (TPSA) is 52.1 Å². The van der Waals surface area contributed by atoms with Crippen LogP contribution in [-0.2, 0) is 13.1 Å². The molecular formula is C16H19N3O2S. The van der Waals surface area contributed by atoms with Gasteiger partial charge < -0.3 is 5.11 Å². The van der Waals surface area contributed by atoms with Crippen molar-refractivity contribution < 1.29 is 5.11 Å². The molecule has 0 saturated carbocycles. The molecule has 1 aromatic carbocycles. The van der Waals surface area contributed by atoms with Gasteiger partial charge in [0.2, 0.25) is 4.77 Å². The highest BCUT2D eigenvalue weighted by Gasteiger charge is 2.21. The van der Waals surface area contributed by atoms with Crippen LogP contribution in [0.3, 0.4) is 0 Å². The first-order valence-electron chi connectivity index (χ1n) is 7.23. The largest absolute Gasteiger partial charge is 0.507 e. The van der Waals surface area contributed by atoms with Crippen molar-refractivity contribution in [2.45, 2.75) is 40.8 Å². The SMILES string of the molecule is Cc1c(C)c(O)c(C)c(-n2c(=O)n3n(c2=S)CC=CC3)c1C. The average Bonchev–Trinajstić information content (AvgIpc) is 2.77. The lowest BCUT2D eigenvalue weighted by atomic mass is 9.97. The first-order valence-corrected chi connectivity index (χ1v) is 7.64. The predicted molar refractivity (Wildman–Crippen MR) is 88.6 cm³/mol. The highest BCUT2D eigenvalue weighted by Crippen LogP contribution is 2.33. The molecule has 2 heterocycles. The Morgan fingerprint density at radius 2 is 1.55 bits per heavy atom. The van der Waals surface area contributed by atoms with Crippen molar-refractivity contribution in [1.29, 1.82) is 0 Å². The number of allylic oxidation sites excluding steroid dienone is 2. The minimum atomic E-state index is -0.164. The maximum absolute atomic E-state index is 12.8. The van der Waals surface area contributed by atoms with Crippen LogP contribution in [0.1, 0.15) is 22.3 Å². The summed E-state index contributed by atoms with van der Waals surface area (Å²) in [7, 11) is 0. The molecule has 6 heteroatoms. The van der Waals surface area contributed by atoms with Crippen LogP contribution in [-0.4, -0.2) is 19.0 Å². The maximum atomic E-state index is 12.8. The summed E-state index contributed by atoms with van der Waals surface area (Å²) in [6, 6.07) is 0. The smallest absolute Gasteiger partial charge is 0.350 e. The van der Waals surface area contributed by atoms with Crippen LogP contribution >= 0.6 is 12.2 Å². The minimum Gasteiger partial charge on any atom is -0.507 e. The zero-order valence-corrected chi connectivity index (χ0v) is 14.0. The maximum Gasteiger partial charge on any atom is 0.350 e. The summed E-state index contributed by atoms with van der Waals surface area (Å²) in [5.41, 5.74) is 4.01. The molecule has 22 heavy (non-hydrogen) atoms. The summed E-state index contributed by atoms with van der Waals surface area (Å²) >= 11 is 5.51. The Morgan fingerprint density at radius 1 is 0.955 bits per heavy atom. The molecule has 0 radical (unpaired) electrons. The second kappa shape index (κ2) is 4.98. The lowest BCUT2D eigenvalue weighted by Gasteiger charge is -2.17. The summed E-state index contributed by atoms with van der Waals surface area (Å²) in [5.74, 6) is 0.228. The molecule has 3 rings (SSSR count). The Bertz CT molecular complexity index is 860. The number of hydrogen-bond donors (Lipinski definition) is 1. The predicted octanol–water partition coefficient (Wildman–Crippen LogP) is 2.68. The average molecular weight is 317 g/mol. The highest BCUT2D eigenvalue weighted by atomic mass is 32.1. The quantitative estimate of drug-likeness (QED) is 0.650. The van der Waals surface area contributed by atoms with Gasteiger partial charge in [-0.3, -0.25) is 4.68 Å². The van der Waals surface area contributed by atoms with E-state index in [4.69, 9.17) is 12.2 Å². The zero-order valence-electron chi connectivity index (χ0n) is 13.2.